The van der Waals surface area contributed by atoms with E-state index in [-0.39, 0.29) is 22.0 Å². The van der Waals surface area contributed by atoms with E-state index >= 15 is 0 Å². The van der Waals surface area contributed by atoms with Crippen molar-refractivity contribution in [3.63, 3.8) is 0 Å². The van der Waals surface area contributed by atoms with Crippen LogP contribution in [-0.4, -0.2) is 51.2 Å². The third kappa shape index (κ3) is 5.18. The molecule has 1 N–H and O–H groups in total. The number of nitrogens with one attached hydrogen (secondary N) is 1. The molecule has 0 bridgehead atoms. The Hall–Kier alpha value is -1.67. The number of anilines is 1. The van der Waals surface area contributed by atoms with Gasteiger partial charge in [0.15, 0.2) is 9.84 Å². The summed E-state index contributed by atoms with van der Waals surface area (Å²) < 4.78 is 23.1. The molecular formula is C15H25N3O4S. The molecule has 8 heteroatoms. The van der Waals surface area contributed by atoms with Crippen LogP contribution in [0.15, 0.2) is 23.1 Å². The molecule has 0 amide bonds. The number of nitro groups is 1. The third-order valence-electron chi connectivity index (χ3n) is 3.86. The van der Waals surface area contributed by atoms with E-state index in [2.05, 4.69) is 24.1 Å². The van der Waals surface area contributed by atoms with Crippen LogP contribution in [0.4, 0.5) is 11.4 Å². The normalized spacial score (nSPS) is 13.9. The van der Waals surface area contributed by atoms with Gasteiger partial charge in [-0.25, -0.2) is 8.42 Å². The lowest BCUT2D eigenvalue weighted by Crippen LogP contribution is -2.41. The number of nitrogens with zero attached hydrogens (tertiary/aromatic N) is 2. The van der Waals surface area contributed by atoms with Gasteiger partial charge < -0.3 is 10.2 Å². The minimum atomic E-state index is -3.49. The third-order valence-corrected chi connectivity index (χ3v) is 4.97. The van der Waals surface area contributed by atoms with Crippen LogP contribution >= 0.6 is 0 Å². The van der Waals surface area contributed by atoms with Gasteiger partial charge in [0.05, 0.1) is 9.82 Å². The summed E-state index contributed by atoms with van der Waals surface area (Å²) in [6.45, 7) is 6.90. The van der Waals surface area contributed by atoms with Crippen molar-refractivity contribution in [3.8, 4) is 0 Å². The van der Waals surface area contributed by atoms with Gasteiger partial charge >= 0.3 is 0 Å². The van der Waals surface area contributed by atoms with Crippen LogP contribution in [0.3, 0.4) is 0 Å². The maximum Gasteiger partial charge on any atom is 0.293 e. The summed E-state index contributed by atoms with van der Waals surface area (Å²) in [5.74, 6) is 0. The fourth-order valence-electron chi connectivity index (χ4n) is 2.40. The first-order chi connectivity index (χ1) is 10.3. The van der Waals surface area contributed by atoms with Crippen molar-refractivity contribution < 1.29 is 13.3 Å². The molecule has 0 aliphatic rings. The highest BCUT2D eigenvalue weighted by molar-refractivity contribution is 7.90. The van der Waals surface area contributed by atoms with E-state index in [9.17, 15) is 18.5 Å². The molecule has 7 nitrogen and oxygen atoms in total. The van der Waals surface area contributed by atoms with Gasteiger partial charge in [0.1, 0.15) is 5.69 Å². The van der Waals surface area contributed by atoms with Gasteiger partial charge in [-0.1, -0.05) is 13.8 Å². The predicted octanol–water partition coefficient (Wildman–Crippen LogP) is 2.39. The van der Waals surface area contributed by atoms with Crippen molar-refractivity contribution in [3.05, 3.63) is 28.3 Å². The minimum absolute atomic E-state index is 0.0484. The number of benzene rings is 1. The fourth-order valence-corrected chi connectivity index (χ4v) is 3.04. The van der Waals surface area contributed by atoms with Gasteiger partial charge in [0.2, 0.25) is 0 Å². The minimum Gasteiger partial charge on any atom is -0.376 e. The standard InChI is InChI=1S/C15H25N3O4S/c1-11(15(2,3)10-17(4)5)16-13-8-7-12(23(6,21)22)9-14(13)18(19)20/h7-9,11,16H,10H2,1-6H3/t11-/m1/s1. The maximum atomic E-state index is 11.6. The zero-order valence-corrected chi connectivity index (χ0v) is 15.3. The van der Waals surface area contributed by atoms with E-state index in [1.807, 2.05) is 21.0 Å². The summed E-state index contributed by atoms with van der Waals surface area (Å²) in [4.78, 5) is 12.7. The molecule has 0 unspecified atom stereocenters. The van der Waals surface area contributed by atoms with Crippen LogP contribution in [0.2, 0.25) is 0 Å². The van der Waals surface area contributed by atoms with E-state index in [1.165, 1.54) is 12.1 Å². The zero-order valence-electron chi connectivity index (χ0n) is 14.5. The first kappa shape index (κ1) is 19.4. The van der Waals surface area contributed by atoms with Crippen LogP contribution in [0.5, 0.6) is 0 Å². The van der Waals surface area contributed by atoms with Crippen molar-refractivity contribution in [2.75, 3.05) is 32.2 Å². The average Bonchev–Trinajstić information content (AvgIpc) is 2.35. The second kappa shape index (κ2) is 6.84. The number of hydrogen-bond acceptors (Lipinski definition) is 6. The summed E-state index contributed by atoms with van der Waals surface area (Å²) >= 11 is 0. The molecule has 1 rings (SSSR count). The van der Waals surface area contributed by atoms with Gasteiger partial charge in [-0.15, -0.1) is 0 Å². The molecule has 1 atom stereocenters. The number of hydrogen-bond donors (Lipinski definition) is 1. The Kier molecular flexibility index (Phi) is 5.76. The summed E-state index contributed by atoms with van der Waals surface area (Å²) in [5.41, 5.74) is -0.0467. The molecule has 1 aromatic rings. The van der Waals surface area contributed by atoms with Crippen LogP contribution < -0.4 is 5.32 Å². The van der Waals surface area contributed by atoms with Crippen LogP contribution in [0, 0.1) is 15.5 Å². The van der Waals surface area contributed by atoms with E-state index < -0.39 is 14.8 Å². The van der Waals surface area contributed by atoms with Gasteiger partial charge in [-0.3, -0.25) is 10.1 Å². The smallest absolute Gasteiger partial charge is 0.293 e. The number of sulfone groups is 1. The Morgan fingerprint density at radius 2 is 1.91 bits per heavy atom. The first-order valence-electron chi connectivity index (χ1n) is 7.24. The monoisotopic (exact) mass is 343 g/mol. The van der Waals surface area contributed by atoms with E-state index in [1.54, 1.807) is 0 Å². The van der Waals surface area contributed by atoms with Crippen molar-refractivity contribution in [1.82, 2.24) is 4.90 Å². The topological polar surface area (TPSA) is 92.5 Å². The Balaban J connectivity index is 3.16. The number of nitro benzene ring substituents is 1. The first-order valence-corrected chi connectivity index (χ1v) is 9.13. The van der Waals surface area contributed by atoms with Crippen LogP contribution in [-0.2, 0) is 9.84 Å². The molecule has 130 valence electrons. The summed E-state index contributed by atoms with van der Waals surface area (Å²) in [6, 6.07) is 3.89. The molecular weight excluding hydrogens is 318 g/mol. The lowest BCUT2D eigenvalue weighted by atomic mass is 9.84. The van der Waals surface area contributed by atoms with Crippen LogP contribution in [0.1, 0.15) is 20.8 Å². The van der Waals surface area contributed by atoms with Gasteiger partial charge in [-0.2, -0.15) is 0 Å². The molecule has 0 aliphatic carbocycles. The maximum absolute atomic E-state index is 11.6. The quantitative estimate of drug-likeness (QED) is 0.603. The largest absolute Gasteiger partial charge is 0.376 e. The molecule has 1 aromatic carbocycles. The second-order valence-corrected chi connectivity index (χ2v) is 8.82. The average molecular weight is 343 g/mol. The lowest BCUT2D eigenvalue weighted by molar-refractivity contribution is -0.384. The zero-order chi connectivity index (χ0) is 18.0. The molecule has 23 heavy (non-hydrogen) atoms. The molecule has 0 radical (unpaired) electrons. The molecule has 0 saturated heterocycles. The van der Waals surface area contributed by atoms with Gasteiger partial charge in [-0.05, 0) is 38.6 Å². The van der Waals surface area contributed by atoms with Crippen molar-refractivity contribution in [2.45, 2.75) is 31.7 Å². The van der Waals surface area contributed by atoms with E-state index in [4.69, 9.17) is 0 Å². The second-order valence-electron chi connectivity index (χ2n) is 6.80. The predicted molar refractivity (Wildman–Crippen MR) is 91.6 cm³/mol. The molecule has 0 saturated carbocycles. The highest BCUT2D eigenvalue weighted by Crippen LogP contribution is 2.31. The molecule has 0 spiro atoms. The molecule has 0 fully saturated rings. The Morgan fingerprint density at radius 3 is 2.35 bits per heavy atom. The molecule has 0 aliphatic heterocycles. The summed E-state index contributed by atoms with van der Waals surface area (Å²) in [5, 5.41) is 14.4. The Labute approximate surface area is 137 Å². The Bertz CT molecular complexity index is 684. The van der Waals surface area contributed by atoms with Gasteiger partial charge in [0.25, 0.3) is 5.69 Å². The van der Waals surface area contributed by atoms with Crippen molar-refractivity contribution >= 4 is 21.2 Å². The Morgan fingerprint density at radius 1 is 1.35 bits per heavy atom. The summed E-state index contributed by atoms with van der Waals surface area (Å²) in [6.07, 6.45) is 1.03. The van der Waals surface area contributed by atoms with Crippen LogP contribution in [0.25, 0.3) is 0 Å². The van der Waals surface area contributed by atoms with Gasteiger partial charge in [0, 0.05) is 24.9 Å². The van der Waals surface area contributed by atoms with E-state index in [0.29, 0.717) is 5.69 Å². The number of rotatable bonds is 7. The SMILES string of the molecule is C[C@@H](Nc1ccc(S(C)(=O)=O)cc1[N+](=O)[O-])C(C)(C)CN(C)C. The highest BCUT2D eigenvalue weighted by atomic mass is 32.2. The summed E-state index contributed by atoms with van der Waals surface area (Å²) in [7, 11) is 0.453. The van der Waals surface area contributed by atoms with Crippen molar-refractivity contribution in [1.29, 1.82) is 0 Å². The molecule has 0 aromatic heterocycles. The van der Waals surface area contributed by atoms with E-state index in [0.717, 1.165) is 18.9 Å². The highest BCUT2D eigenvalue weighted by Gasteiger charge is 2.28. The molecule has 0 heterocycles. The van der Waals surface area contributed by atoms with Crippen molar-refractivity contribution in [2.24, 2.45) is 5.41 Å². The fraction of sp³-hybridized carbons (Fsp3) is 0.600. The lowest BCUT2D eigenvalue weighted by Gasteiger charge is -2.35.